The standard InChI is InChI=1S/C27H28N4O/c1-21-24-14-8-9-15-25(24)27(32)31(28-21)20-29-16-18-30(19-17-29)26(22-10-4-2-5-11-22)23-12-6-3-7-13-23/h2-15,26H,16-20H2,1H3. The number of hydrogen-bond donors (Lipinski definition) is 0. The molecule has 1 aromatic heterocycles. The van der Waals surface area contributed by atoms with Crippen molar-refractivity contribution >= 4 is 10.8 Å². The van der Waals surface area contributed by atoms with Crippen molar-refractivity contribution < 1.29 is 0 Å². The van der Waals surface area contributed by atoms with Crippen LogP contribution < -0.4 is 5.56 Å². The van der Waals surface area contributed by atoms with E-state index in [2.05, 4.69) is 75.6 Å². The van der Waals surface area contributed by atoms with Crippen molar-refractivity contribution in [3.8, 4) is 0 Å². The highest BCUT2D eigenvalue weighted by Crippen LogP contribution is 2.29. The largest absolute Gasteiger partial charge is 0.290 e. The van der Waals surface area contributed by atoms with Crippen LogP contribution in [0.25, 0.3) is 10.8 Å². The molecular weight excluding hydrogens is 396 g/mol. The molecule has 0 atom stereocenters. The molecule has 32 heavy (non-hydrogen) atoms. The summed E-state index contributed by atoms with van der Waals surface area (Å²) in [5.74, 6) is 0. The highest BCUT2D eigenvalue weighted by Gasteiger charge is 2.26. The Hall–Kier alpha value is -3.28. The molecule has 0 N–H and O–H groups in total. The smallest absolute Gasteiger partial charge is 0.275 e. The second kappa shape index (κ2) is 9.07. The van der Waals surface area contributed by atoms with E-state index in [0.717, 1.165) is 42.6 Å². The zero-order valence-corrected chi connectivity index (χ0v) is 18.4. The summed E-state index contributed by atoms with van der Waals surface area (Å²) < 4.78 is 1.62. The summed E-state index contributed by atoms with van der Waals surface area (Å²) in [5.41, 5.74) is 3.51. The Morgan fingerprint density at radius 2 is 1.28 bits per heavy atom. The van der Waals surface area contributed by atoms with Crippen LogP contribution in [0.2, 0.25) is 0 Å². The van der Waals surface area contributed by atoms with Gasteiger partial charge in [-0.2, -0.15) is 5.10 Å². The molecule has 2 heterocycles. The molecule has 162 valence electrons. The van der Waals surface area contributed by atoms with Gasteiger partial charge in [0, 0.05) is 31.6 Å². The molecule has 4 aromatic rings. The third kappa shape index (κ3) is 4.09. The first-order valence-corrected chi connectivity index (χ1v) is 11.2. The van der Waals surface area contributed by atoms with Gasteiger partial charge < -0.3 is 0 Å². The van der Waals surface area contributed by atoms with Gasteiger partial charge in [0.1, 0.15) is 0 Å². The minimum atomic E-state index is -0.0138. The monoisotopic (exact) mass is 424 g/mol. The Kier molecular flexibility index (Phi) is 5.84. The van der Waals surface area contributed by atoms with Crippen LogP contribution >= 0.6 is 0 Å². The zero-order chi connectivity index (χ0) is 21.9. The first kappa shape index (κ1) is 20.6. The topological polar surface area (TPSA) is 41.4 Å². The second-order valence-electron chi connectivity index (χ2n) is 8.46. The number of fused-ring (bicyclic) bond motifs is 1. The van der Waals surface area contributed by atoms with E-state index in [1.54, 1.807) is 4.68 Å². The van der Waals surface area contributed by atoms with E-state index in [0.29, 0.717) is 6.67 Å². The van der Waals surface area contributed by atoms with E-state index in [9.17, 15) is 4.79 Å². The SMILES string of the molecule is Cc1nn(CN2CCN(C(c3ccccc3)c3ccccc3)CC2)c(=O)c2ccccc12. The van der Waals surface area contributed by atoms with Gasteiger partial charge in [-0.05, 0) is 24.1 Å². The van der Waals surface area contributed by atoms with E-state index in [1.807, 2.05) is 31.2 Å². The number of rotatable bonds is 5. The first-order valence-electron chi connectivity index (χ1n) is 11.2. The molecule has 1 fully saturated rings. The van der Waals surface area contributed by atoms with Crippen LogP contribution in [-0.4, -0.2) is 45.8 Å². The highest BCUT2D eigenvalue weighted by molar-refractivity contribution is 5.83. The molecule has 0 bridgehead atoms. The molecule has 0 aliphatic carbocycles. The van der Waals surface area contributed by atoms with Crippen molar-refractivity contribution in [3.63, 3.8) is 0 Å². The second-order valence-corrected chi connectivity index (χ2v) is 8.46. The molecule has 1 aliphatic heterocycles. The van der Waals surface area contributed by atoms with E-state index in [4.69, 9.17) is 0 Å². The van der Waals surface area contributed by atoms with Crippen LogP contribution in [-0.2, 0) is 6.67 Å². The zero-order valence-electron chi connectivity index (χ0n) is 18.4. The molecule has 0 unspecified atom stereocenters. The lowest BCUT2D eigenvalue weighted by Crippen LogP contribution is -2.49. The third-order valence-electron chi connectivity index (χ3n) is 6.39. The Bertz CT molecular complexity index is 1210. The molecule has 0 spiro atoms. The maximum atomic E-state index is 13.0. The third-order valence-corrected chi connectivity index (χ3v) is 6.39. The summed E-state index contributed by atoms with van der Waals surface area (Å²) in [6.07, 6.45) is 0. The molecule has 5 rings (SSSR count). The Balaban J connectivity index is 1.34. The summed E-state index contributed by atoms with van der Waals surface area (Å²) in [4.78, 5) is 17.8. The van der Waals surface area contributed by atoms with Crippen LogP contribution in [0.1, 0.15) is 22.9 Å². The molecule has 0 amide bonds. The fourth-order valence-electron chi connectivity index (χ4n) is 4.74. The first-order chi connectivity index (χ1) is 15.7. The Labute approximate surface area is 188 Å². The van der Waals surface area contributed by atoms with Gasteiger partial charge in [0.2, 0.25) is 0 Å². The number of aryl methyl sites for hydroxylation is 1. The maximum absolute atomic E-state index is 13.0. The van der Waals surface area contributed by atoms with Gasteiger partial charge in [0.05, 0.1) is 23.8 Å². The fraction of sp³-hybridized carbons (Fsp3) is 0.259. The van der Waals surface area contributed by atoms with Crippen molar-refractivity contribution in [3.05, 3.63) is 112 Å². The van der Waals surface area contributed by atoms with Gasteiger partial charge in [-0.15, -0.1) is 0 Å². The van der Waals surface area contributed by atoms with E-state index < -0.39 is 0 Å². The number of aromatic nitrogens is 2. The van der Waals surface area contributed by atoms with Gasteiger partial charge >= 0.3 is 0 Å². The van der Waals surface area contributed by atoms with E-state index in [1.165, 1.54) is 11.1 Å². The minimum absolute atomic E-state index is 0.0138. The van der Waals surface area contributed by atoms with Crippen molar-refractivity contribution in [2.45, 2.75) is 19.6 Å². The molecule has 0 radical (unpaired) electrons. The lowest BCUT2D eigenvalue weighted by Gasteiger charge is -2.39. The van der Waals surface area contributed by atoms with Crippen molar-refractivity contribution in [1.29, 1.82) is 0 Å². The van der Waals surface area contributed by atoms with Gasteiger partial charge in [-0.3, -0.25) is 14.6 Å². The summed E-state index contributed by atoms with van der Waals surface area (Å²) in [6.45, 7) is 6.18. The lowest BCUT2D eigenvalue weighted by molar-refractivity contribution is 0.0835. The van der Waals surface area contributed by atoms with E-state index in [-0.39, 0.29) is 11.6 Å². The van der Waals surface area contributed by atoms with Crippen LogP contribution in [0.4, 0.5) is 0 Å². The molecule has 0 saturated carbocycles. The van der Waals surface area contributed by atoms with Crippen molar-refractivity contribution in [1.82, 2.24) is 19.6 Å². The highest BCUT2D eigenvalue weighted by atomic mass is 16.1. The van der Waals surface area contributed by atoms with Gasteiger partial charge in [0.15, 0.2) is 0 Å². The lowest BCUT2D eigenvalue weighted by atomic mass is 9.96. The predicted molar refractivity (Wildman–Crippen MR) is 129 cm³/mol. The number of benzene rings is 3. The van der Waals surface area contributed by atoms with Crippen LogP contribution in [0.5, 0.6) is 0 Å². The quantitative estimate of drug-likeness (QED) is 0.484. The van der Waals surface area contributed by atoms with Gasteiger partial charge in [0.25, 0.3) is 5.56 Å². The molecule has 5 heteroatoms. The number of piperazine rings is 1. The average Bonchev–Trinajstić information content (AvgIpc) is 2.85. The summed E-state index contributed by atoms with van der Waals surface area (Å²) in [7, 11) is 0. The predicted octanol–water partition coefficient (Wildman–Crippen LogP) is 4.07. The van der Waals surface area contributed by atoms with Gasteiger partial charge in [-0.25, -0.2) is 4.68 Å². The normalized spacial score (nSPS) is 15.4. The summed E-state index contributed by atoms with van der Waals surface area (Å²) in [5, 5.41) is 6.27. The maximum Gasteiger partial charge on any atom is 0.275 e. The van der Waals surface area contributed by atoms with Crippen molar-refractivity contribution in [2.24, 2.45) is 0 Å². The Morgan fingerprint density at radius 3 is 1.88 bits per heavy atom. The van der Waals surface area contributed by atoms with E-state index >= 15 is 0 Å². The van der Waals surface area contributed by atoms with Crippen LogP contribution in [0.15, 0.2) is 89.7 Å². The molecule has 1 aliphatic rings. The average molecular weight is 425 g/mol. The minimum Gasteiger partial charge on any atom is -0.290 e. The number of hydrogen-bond acceptors (Lipinski definition) is 4. The molecule has 3 aromatic carbocycles. The van der Waals surface area contributed by atoms with Crippen molar-refractivity contribution in [2.75, 3.05) is 26.2 Å². The molecule has 1 saturated heterocycles. The van der Waals surface area contributed by atoms with Crippen LogP contribution in [0.3, 0.4) is 0 Å². The van der Waals surface area contributed by atoms with Gasteiger partial charge in [-0.1, -0.05) is 78.9 Å². The number of nitrogens with zero attached hydrogens (tertiary/aromatic N) is 4. The Morgan fingerprint density at radius 1 is 0.750 bits per heavy atom. The molecular formula is C27H28N4O. The summed E-state index contributed by atoms with van der Waals surface area (Å²) in [6, 6.07) is 29.4. The molecule has 5 nitrogen and oxygen atoms in total. The van der Waals surface area contributed by atoms with Crippen LogP contribution in [0, 0.1) is 6.92 Å². The summed E-state index contributed by atoms with van der Waals surface area (Å²) >= 11 is 0. The fourth-order valence-corrected chi connectivity index (χ4v) is 4.74.